The van der Waals surface area contributed by atoms with Crippen LogP contribution in [0.15, 0.2) is 30.3 Å². The normalized spacial score (nSPS) is 26.2. The third-order valence-electron chi connectivity index (χ3n) is 8.28. The quantitative estimate of drug-likeness (QED) is 0.122. The van der Waals surface area contributed by atoms with Gasteiger partial charge in [0.1, 0.15) is 38.1 Å². The Bertz CT molecular complexity index is 1630. The Morgan fingerprint density at radius 3 is 1.59 bits per heavy atom. The Balaban J connectivity index is 2.29. The fourth-order valence-electron chi connectivity index (χ4n) is 6.11. The Hall–Kier alpha value is -5.58. The van der Waals surface area contributed by atoms with Crippen molar-refractivity contribution in [2.45, 2.75) is 116 Å². The van der Waals surface area contributed by atoms with Crippen LogP contribution in [0.5, 0.6) is 0 Å². The van der Waals surface area contributed by atoms with Crippen LogP contribution in [0.25, 0.3) is 0 Å². The second kappa shape index (κ2) is 23.1. The molecular weight excluding hydrogens is 792 g/mol. The zero-order chi connectivity index (χ0) is 43.8. The molecule has 2 saturated heterocycles. The molecule has 22 heteroatoms. The van der Waals surface area contributed by atoms with Crippen molar-refractivity contribution in [1.29, 1.82) is 0 Å². The summed E-state index contributed by atoms with van der Waals surface area (Å²) in [7, 11) is 0. The van der Waals surface area contributed by atoms with E-state index in [2.05, 4.69) is 0 Å². The van der Waals surface area contributed by atoms with Gasteiger partial charge in [-0.2, -0.15) is 0 Å². The van der Waals surface area contributed by atoms with Gasteiger partial charge in [0.25, 0.3) is 0 Å². The standard InChI is InChI=1S/C37H50N2O20/c1-8-48-15-14-39(37(47)51-16-25-12-10-9-11-13-25)34-32(30(54-23(6)44)28(52-21(4)42)26(56-34)17-49-19(2)40)58-35-33(55-24(7)45)31(59-36(38)46)29(53-22(5)43)27(57-35)18-50-20(3)41/h9-13,26-35H,8,14-18H2,1-7H3,(H2,38,46)/t26-,27+,28+,29+,30-,31-,32-,33-,34+,35+/m0/s1. The first-order valence-corrected chi connectivity index (χ1v) is 18.3. The molecule has 2 heterocycles. The molecule has 0 aromatic heterocycles. The van der Waals surface area contributed by atoms with E-state index in [1.807, 2.05) is 0 Å². The van der Waals surface area contributed by atoms with Crippen molar-refractivity contribution in [2.75, 3.05) is 33.0 Å². The van der Waals surface area contributed by atoms with E-state index in [0.29, 0.717) is 5.56 Å². The Kier molecular flexibility index (Phi) is 18.7. The molecule has 328 valence electrons. The molecule has 0 bridgehead atoms. The van der Waals surface area contributed by atoms with E-state index in [1.54, 1.807) is 37.3 Å². The molecule has 10 atom stereocenters. The topological polar surface area (TPSA) is 277 Å². The number of ether oxygens (including phenoxy) is 12. The average molecular weight is 843 g/mol. The summed E-state index contributed by atoms with van der Waals surface area (Å²) in [5.41, 5.74) is 6.00. The predicted molar refractivity (Wildman–Crippen MR) is 192 cm³/mol. The molecule has 2 aliphatic rings. The summed E-state index contributed by atoms with van der Waals surface area (Å²) in [5, 5.41) is 0. The van der Waals surface area contributed by atoms with Gasteiger partial charge in [0, 0.05) is 48.1 Å². The first-order valence-electron chi connectivity index (χ1n) is 18.3. The number of nitrogens with two attached hydrogens (primary N) is 1. The number of amides is 2. The molecule has 1 aromatic carbocycles. The van der Waals surface area contributed by atoms with Gasteiger partial charge in [-0.05, 0) is 12.5 Å². The van der Waals surface area contributed by atoms with Crippen molar-refractivity contribution in [3.63, 3.8) is 0 Å². The number of carbonyl (C=O) groups excluding carboxylic acids is 8. The summed E-state index contributed by atoms with van der Waals surface area (Å²) < 4.78 is 68.0. The Morgan fingerprint density at radius 2 is 1.10 bits per heavy atom. The first kappa shape index (κ1) is 47.8. The van der Waals surface area contributed by atoms with Crippen LogP contribution in [0, 0.1) is 0 Å². The molecule has 59 heavy (non-hydrogen) atoms. The maximum Gasteiger partial charge on any atom is 0.412 e. The summed E-state index contributed by atoms with van der Waals surface area (Å²) >= 11 is 0. The minimum absolute atomic E-state index is 0.122. The van der Waals surface area contributed by atoms with Crippen LogP contribution in [-0.4, -0.2) is 147 Å². The SMILES string of the molecule is CCOCCN(C(=O)OCc1ccccc1)[C@@H]1O[C@@H](COC(C)=O)[C@@H](OC(C)=O)[C@H](OC(C)=O)[C@@H]1O[C@H]1O[C@H](COC(C)=O)[C@@H](OC(C)=O)[C@H](OC(N)=O)[C@@H]1OC(C)=O. The number of primary amides is 1. The van der Waals surface area contributed by atoms with E-state index in [9.17, 15) is 38.4 Å². The Morgan fingerprint density at radius 1 is 0.610 bits per heavy atom. The smallest absolute Gasteiger partial charge is 0.412 e. The van der Waals surface area contributed by atoms with Crippen LogP contribution in [-0.2, 0) is 92.2 Å². The maximum absolute atomic E-state index is 14.1. The van der Waals surface area contributed by atoms with Crippen LogP contribution in [0.1, 0.15) is 54.0 Å². The molecule has 0 spiro atoms. The van der Waals surface area contributed by atoms with E-state index < -0.39 is 123 Å². The van der Waals surface area contributed by atoms with Crippen LogP contribution in [0.4, 0.5) is 9.59 Å². The van der Waals surface area contributed by atoms with Gasteiger partial charge in [-0.15, -0.1) is 0 Å². The van der Waals surface area contributed by atoms with Crippen molar-refractivity contribution in [2.24, 2.45) is 5.73 Å². The molecule has 0 radical (unpaired) electrons. The molecule has 0 saturated carbocycles. The molecule has 22 nitrogen and oxygen atoms in total. The number of esters is 6. The highest BCUT2D eigenvalue weighted by Crippen LogP contribution is 2.36. The molecule has 2 fully saturated rings. The van der Waals surface area contributed by atoms with Gasteiger partial charge in [0.2, 0.25) is 0 Å². The van der Waals surface area contributed by atoms with Crippen molar-refractivity contribution in [3.05, 3.63) is 35.9 Å². The molecule has 2 amide bonds. The van der Waals surface area contributed by atoms with Gasteiger partial charge in [0.05, 0.1) is 13.2 Å². The Labute approximate surface area is 338 Å². The molecule has 1 aromatic rings. The summed E-state index contributed by atoms with van der Waals surface area (Å²) in [4.78, 5) is 102. The minimum Gasteiger partial charge on any atom is -0.463 e. The molecule has 2 aliphatic heterocycles. The van der Waals surface area contributed by atoms with Gasteiger partial charge < -0.3 is 62.6 Å². The van der Waals surface area contributed by atoms with Crippen molar-refractivity contribution in [1.82, 2.24) is 4.90 Å². The number of rotatable bonds is 18. The lowest BCUT2D eigenvalue weighted by Crippen LogP contribution is -2.69. The average Bonchev–Trinajstić information content (AvgIpc) is 3.14. The molecule has 3 rings (SSSR count). The molecule has 2 N–H and O–H groups in total. The highest BCUT2D eigenvalue weighted by molar-refractivity contribution is 5.70. The van der Waals surface area contributed by atoms with Crippen LogP contribution in [0.2, 0.25) is 0 Å². The number of hydrogen-bond donors (Lipinski definition) is 1. The largest absolute Gasteiger partial charge is 0.463 e. The lowest BCUT2D eigenvalue weighted by molar-refractivity contribution is -0.352. The van der Waals surface area contributed by atoms with Crippen LogP contribution >= 0.6 is 0 Å². The van der Waals surface area contributed by atoms with E-state index in [4.69, 9.17) is 62.6 Å². The van der Waals surface area contributed by atoms with Crippen LogP contribution in [0.3, 0.4) is 0 Å². The van der Waals surface area contributed by atoms with E-state index in [-0.39, 0.29) is 26.4 Å². The van der Waals surface area contributed by atoms with E-state index in [0.717, 1.165) is 46.4 Å². The van der Waals surface area contributed by atoms with Gasteiger partial charge in [-0.25, -0.2) is 9.59 Å². The number of benzene rings is 1. The first-order chi connectivity index (χ1) is 27.9. The lowest BCUT2D eigenvalue weighted by atomic mass is 9.95. The summed E-state index contributed by atoms with van der Waals surface area (Å²) in [5.74, 6) is -5.38. The predicted octanol–water partition coefficient (Wildman–Crippen LogP) is 0.814. The third kappa shape index (κ3) is 14.9. The molecular formula is C37H50N2O20. The van der Waals surface area contributed by atoms with Crippen molar-refractivity contribution < 1.29 is 95.2 Å². The fraction of sp³-hybridized carbons (Fsp3) is 0.622. The highest BCUT2D eigenvalue weighted by atomic mass is 16.8. The van der Waals surface area contributed by atoms with Gasteiger partial charge in [-0.3, -0.25) is 33.7 Å². The third-order valence-corrected chi connectivity index (χ3v) is 8.28. The van der Waals surface area contributed by atoms with Crippen molar-refractivity contribution in [3.8, 4) is 0 Å². The monoisotopic (exact) mass is 842 g/mol. The van der Waals surface area contributed by atoms with Gasteiger partial charge in [0.15, 0.2) is 43.0 Å². The molecule has 0 aliphatic carbocycles. The summed E-state index contributed by atoms with van der Waals surface area (Å²) in [6.45, 7) is 6.22. The number of carbonyl (C=O) groups is 8. The van der Waals surface area contributed by atoms with Crippen molar-refractivity contribution >= 4 is 48.0 Å². The fourth-order valence-corrected chi connectivity index (χ4v) is 6.11. The summed E-state index contributed by atoms with van der Waals surface area (Å²) in [6, 6.07) is 8.61. The van der Waals surface area contributed by atoms with Gasteiger partial charge >= 0.3 is 48.0 Å². The van der Waals surface area contributed by atoms with Gasteiger partial charge in [-0.1, -0.05) is 30.3 Å². The zero-order valence-electron chi connectivity index (χ0n) is 33.6. The highest BCUT2D eigenvalue weighted by Gasteiger charge is 2.59. The van der Waals surface area contributed by atoms with E-state index >= 15 is 0 Å². The zero-order valence-corrected chi connectivity index (χ0v) is 33.6. The minimum atomic E-state index is -1.97. The number of hydrogen-bond acceptors (Lipinski definition) is 20. The van der Waals surface area contributed by atoms with E-state index in [1.165, 1.54) is 0 Å². The van der Waals surface area contributed by atoms with Crippen LogP contribution < -0.4 is 5.73 Å². The second-order valence-electron chi connectivity index (χ2n) is 12.9. The summed E-state index contributed by atoms with van der Waals surface area (Å²) in [6.07, 6.45) is -19.7. The maximum atomic E-state index is 14.1. The molecule has 0 unspecified atom stereocenters. The lowest BCUT2D eigenvalue weighted by Gasteiger charge is -2.50. The second-order valence-corrected chi connectivity index (χ2v) is 12.9. The number of nitrogens with zero attached hydrogens (tertiary/aromatic N) is 1.